The van der Waals surface area contributed by atoms with Crippen molar-refractivity contribution in [3.8, 4) is 5.75 Å². The molecule has 0 heterocycles. The molecule has 3 nitrogen and oxygen atoms in total. The van der Waals surface area contributed by atoms with Crippen LogP contribution in [0, 0.1) is 0 Å². The van der Waals surface area contributed by atoms with Crippen LogP contribution in [0.2, 0.25) is 0 Å². The first-order valence-corrected chi connectivity index (χ1v) is 5.81. The first kappa shape index (κ1) is 4.47. The van der Waals surface area contributed by atoms with Gasteiger partial charge in [0, 0.05) is 30.3 Å². The molecule has 1 aromatic carbocycles. The average molecular weight is 295 g/mol. The van der Waals surface area contributed by atoms with Crippen LogP contribution in [0.3, 0.4) is 0 Å². The first-order valence-electron chi connectivity index (χ1n) is 14.3. The average Bonchev–Trinajstić information content (AvgIpc) is 2.74. The minimum absolute atomic E-state index is 0.479. The van der Waals surface area contributed by atoms with E-state index in [4.69, 9.17) is 28.0 Å². The molecule has 112 valence electrons. The molecule has 0 radical (unpaired) electrons. The number of aliphatic hydroxyl groups is 1. The number of nitrogens with zero attached hydrogens (tertiary/aromatic N) is 1. The van der Waals surface area contributed by atoms with E-state index in [1.54, 1.807) is 0 Å². The van der Waals surface area contributed by atoms with Gasteiger partial charge in [-0.05, 0) is 44.4 Å². The van der Waals surface area contributed by atoms with Gasteiger partial charge in [-0.15, -0.1) is 0 Å². The van der Waals surface area contributed by atoms with Crippen LogP contribution in [-0.4, -0.2) is 43.3 Å². The van der Waals surface area contributed by atoms with Crippen molar-refractivity contribution in [1.82, 2.24) is 4.90 Å². The van der Waals surface area contributed by atoms with Crippen molar-refractivity contribution in [2.45, 2.75) is 43.4 Å². The predicted molar refractivity (Wildman–Crippen MR) is 82.3 cm³/mol. The molecule has 3 heteroatoms. The summed E-state index contributed by atoms with van der Waals surface area (Å²) in [5.74, 6) is -3.05. The number of rotatable bonds is 5. The van der Waals surface area contributed by atoms with E-state index < -0.39 is 92.4 Å². The predicted octanol–water partition coefficient (Wildman–Crippen LogP) is 3.04. The molecule has 1 N–H and O–H groups in total. The van der Waals surface area contributed by atoms with Crippen molar-refractivity contribution in [3.05, 3.63) is 29.7 Å². The Kier molecular flexibility index (Phi) is 1.47. The Balaban J connectivity index is 3.15. The van der Waals surface area contributed by atoms with Crippen LogP contribution in [0.25, 0.3) is 0 Å². The van der Waals surface area contributed by atoms with Gasteiger partial charge >= 0.3 is 0 Å². The monoisotopic (exact) mass is 294 g/mol. The van der Waals surface area contributed by atoms with E-state index in [9.17, 15) is 5.11 Å². The van der Waals surface area contributed by atoms with Gasteiger partial charge < -0.3 is 14.7 Å². The third-order valence-electron chi connectivity index (χ3n) is 2.77. The van der Waals surface area contributed by atoms with Gasteiger partial charge in [0.2, 0.25) is 0 Å². The summed E-state index contributed by atoms with van der Waals surface area (Å²) < 4.78 is 143. The molecule has 2 rings (SSSR count). The zero-order chi connectivity index (χ0) is 29.5. The lowest BCUT2D eigenvalue weighted by molar-refractivity contribution is -0.0277. The van der Waals surface area contributed by atoms with Crippen LogP contribution in [0.5, 0.6) is 5.75 Å². The third-order valence-corrected chi connectivity index (χ3v) is 2.77. The highest BCUT2D eigenvalue weighted by molar-refractivity contribution is 5.31. The van der Waals surface area contributed by atoms with Crippen molar-refractivity contribution in [2.24, 2.45) is 0 Å². The molecule has 1 atom stereocenters. The van der Waals surface area contributed by atoms with Crippen molar-refractivity contribution < 1.29 is 33.1 Å². The molecule has 0 aliphatic heterocycles. The summed E-state index contributed by atoms with van der Waals surface area (Å²) in [7, 11) is 1.96. The molecular weight excluding hydrogens is 250 g/mol. The SMILES string of the molecule is [2H]c1c([2H])c(C(CN(C)C([2H])([2H])[2H])C2(O)C([2H])([2H])C([2H])([2H])C([2H])([2H])C([2H])([2H])C2([2H])[2H])c([2H])c([2H])c1OC. The van der Waals surface area contributed by atoms with Crippen LogP contribution in [-0.2, 0) is 0 Å². The first-order chi connectivity index (χ1) is 16.2. The molecule has 0 saturated heterocycles. The molecule has 0 spiro atoms. The van der Waals surface area contributed by atoms with Crippen LogP contribution >= 0.6 is 0 Å². The van der Waals surface area contributed by atoms with Crippen molar-refractivity contribution in [2.75, 3.05) is 27.7 Å². The van der Waals surface area contributed by atoms with Gasteiger partial charge in [-0.3, -0.25) is 0 Å². The number of benzene rings is 1. The Labute approximate surface area is 146 Å². The van der Waals surface area contributed by atoms with Gasteiger partial charge in [0.1, 0.15) is 5.75 Å². The van der Waals surface area contributed by atoms with E-state index in [2.05, 4.69) is 0 Å². The van der Waals surface area contributed by atoms with Crippen LogP contribution in [0.15, 0.2) is 24.2 Å². The van der Waals surface area contributed by atoms with Gasteiger partial charge in [-0.1, -0.05) is 31.2 Å². The Morgan fingerprint density at radius 1 is 1.40 bits per heavy atom. The topological polar surface area (TPSA) is 32.7 Å². The Morgan fingerprint density at radius 2 is 2.05 bits per heavy atom. The number of ether oxygens (including phenoxy) is 1. The smallest absolute Gasteiger partial charge is 0.118 e. The Morgan fingerprint density at radius 3 is 2.60 bits per heavy atom. The molecule has 1 aromatic rings. The molecule has 1 saturated carbocycles. The second-order valence-electron chi connectivity index (χ2n) is 4.27. The van der Waals surface area contributed by atoms with Gasteiger partial charge in [-0.25, -0.2) is 0 Å². The van der Waals surface area contributed by atoms with E-state index >= 15 is 0 Å². The molecule has 1 unspecified atom stereocenters. The lowest BCUT2D eigenvalue weighted by Crippen LogP contribution is -2.42. The number of hydrogen-bond acceptors (Lipinski definition) is 3. The summed E-state index contributed by atoms with van der Waals surface area (Å²) in [6.07, 6.45) is -19.8. The fourth-order valence-corrected chi connectivity index (χ4v) is 1.78. The minimum Gasteiger partial charge on any atom is -0.497 e. The van der Waals surface area contributed by atoms with Crippen molar-refractivity contribution in [3.63, 3.8) is 0 Å². The molecule has 0 aromatic heterocycles. The molecule has 0 bridgehead atoms. The lowest BCUT2D eigenvalue weighted by Gasteiger charge is -2.40. The van der Waals surface area contributed by atoms with E-state index in [1.807, 2.05) is 0 Å². The fraction of sp³-hybridized carbons (Fsp3) is 0.647. The second-order valence-corrected chi connectivity index (χ2v) is 4.27. The zero-order valence-corrected chi connectivity index (χ0v) is 11.1. The second kappa shape index (κ2) is 6.59. The maximum absolute atomic E-state index is 11.9. The summed E-state index contributed by atoms with van der Waals surface area (Å²) in [4.78, 5) is 0.479. The molecule has 1 aliphatic carbocycles. The van der Waals surface area contributed by atoms with Crippen LogP contribution in [0.1, 0.15) is 66.6 Å². The summed E-state index contributed by atoms with van der Waals surface area (Å²) in [6.45, 7) is -4.13. The quantitative estimate of drug-likeness (QED) is 0.906. The number of likely N-dealkylation sites (N-methyl/N-ethyl adjacent to an activating group) is 1. The zero-order valence-electron chi connectivity index (χ0n) is 28.1. The summed E-state index contributed by atoms with van der Waals surface area (Å²) in [5, 5.41) is 11.9. The standard InChI is InChI=1S/C17H27NO2/c1-18(2)13-16(17(19)11-5-4-6-12-17)14-7-9-15(20-3)10-8-14/h7-10,16,19H,4-6,11-13H2,1-3H3/i1D3,4D2,5D2,6D2,7D,8D,9D,10D,11D2,12D2. The molecule has 1 aliphatic rings. The van der Waals surface area contributed by atoms with E-state index in [0.29, 0.717) is 4.90 Å². The summed E-state index contributed by atoms with van der Waals surface area (Å²) in [6, 6.07) is -3.73. The normalized spacial score (nSPS) is 45.5. The van der Waals surface area contributed by atoms with Gasteiger partial charge in [-0.2, -0.15) is 0 Å². The maximum Gasteiger partial charge on any atom is 0.118 e. The lowest BCUT2D eigenvalue weighted by atomic mass is 9.72. The summed E-state index contributed by atoms with van der Waals surface area (Å²) in [5.41, 5.74) is -4.92. The fourth-order valence-electron chi connectivity index (χ4n) is 1.78. The van der Waals surface area contributed by atoms with Gasteiger partial charge in [0.25, 0.3) is 0 Å². The highest BCUT2D eigenvalue weighted by Crippen LogP contribution is 2.40. The van der Waals surface area contributed by atoms with Crippen molar-refractivity contribution >= 4 is 0 Å². The van der Waals surface area contributed by atoms with E-state index in [-0.39, 0.29) is 0 Å². The molecule has 20 heavy (non-hydrogen) atoms. The molecular formula is C17H27NO2. The van der Waals surface area contributed by atoms with Gasteiger partial charge in [0.05, 0.1) is 18.2 Å². The van der Waals surface area contributed by atoms with E-state index in [1.165, 1.54) is 0 Å². The maximum atomic E-state index is 11.9. The highest BCUT2D eigenvalue weighted by atomic mass is 16.5. The van der Waals surface area contributed by atoms with Gasteiger partial charge in [0.15, 0.2) is 0 Å². The Hall–Kier alpha value is -1.06. The minimum atomic E-state index is -4.03. The van der Waals surface area contributed by atoms with Crippen molar-refractivity contribution in [1.29, 1.82) is 0 Å². The van der Waals surface area contributed by atoms with Crippen LogP contribution in [0.4, 0.5) is 0 Å². The number of hydrogen-bond donors (Lipinski definition) is 1. The van der Waals surface area contributed by atoms with Crippen LogP contribution < -0.4 is 4.74 Å². The van der Waals surface area contributed by atoms with E-state index in [0.717, 1.165) is 14.2 Å². The summed E-state index contributed by atoms with van der Waals surface area (Å²) >= 11 is 0. The molecule has 1 fully saturated rings. The largest absolute Gasteiger partial charge is 0.497 e. The highest BCUT2D eigenvalue weighted by Gasteiger charge is 2.38. The molecule has 0 amide bonds. The number of methoxy groups -OCH3 is 1. The third kappa shape index (κ3) is 3.53. The Bertz CT molecular complexity index is 1010.